The van der Waals surface area contributed by atoms with Crippen LogP contribution in [0.2, 0.25) is 0 Å². The molecule has 0 aliphatic carbocycles. The normalized spacial score (nSPS) is 9.50. The van der Waals surface area contributed by atoms with E-state index in [4.69, 9.17) is 4.74 Å². The van der Waals surface area contributed by atoms with Crippen molar-refractivity contribution in [3.05, 3.63) is 36.5 Å². The van der Waals surface area contributed by atoms with E-state index in [9.17, 15) is 0 Å². The van der Waals surface area contributed by atoms with Crippen molar-refractivity contribution >= 4 is 10.9 Å². The largest absolute Gasteiger partial charge is 1.00 e. The first-order chi connectivity index (χ1) is 6.42. The van der Waals surface area contributed by atoms with Gasteiger partial charge in [0.25, 0.3) is 0 Å². The van der Waals surface area contributed by atoms with Crippen molar-refractivity contribution in [2.45, 2.75) is 6.92 Å². The minimum Gasteiger partial charge on any atom is -0.511 e. The van der Waals surface area contributed by atoms with Crippen LogP contribution in [-0.4, -0.2) is 11.6 Å². The van der Waals surface area contributed by atoms with Crippen LogP contribution in [0.5, 0.6) is 5.75 Å². The van der Waals surface area contributed by atoms with Crippen molar-refractivity contribution in [1.29, 1.82) is 0 Å². The monoisotopic (exact) mass is 195 g/mol. The summed E-state index contributed by atoms with van der Waals surface area (Å²) in [6, 6.07) is 10.7. The summed E-state index contributed by atoms with van der Waals surface area (Å²) in [4.78, 5) is 4.24. The molecule has 2 rings (SSSR count). The Balaban J connectivity index is 0.000000980. The number of fused-ring (bicyclic) bond motifs is 1. The fourth-order valence-corrected chi connectivity index (χ4v) is 1.28. The van der Waals surface area contributed by atoms with E-state index in [1.807, 2.05) is 31.2 Å². The summed E-state index contributed by atoms with van der Waals surface area (Å²) < 4.78 is 5.44. The van der Waals surface area contributed by atoms with E-state index in [0.717, 1.165) is 16.7 Å². The molecule has 0 N–H and O–H groups in total. The predicted octanol–water partition coefficient (Wildman–Crippen LogP) is -0.562. The Bertz CT molecular complexity index is 411. The number of nitrogens with zero attached hydrogens (tertiary/aromatic N) is 1. The van der Waals surface area contributed by atoms with Gasteiger partial charge in [0.15, 0.2) is 0 Å². The van der Waals surface area contributed by atoms with Gasteiger partial charge in [0.05, 0.1) is 12.4 Å². The summed E-state index contributed by atoms with van der Waals surface area (Å²) in [7, 11) is 0. The second-order valence-corrected chi connectivity index (χ2v) is 2.67. The first-order valence-corrected chi connectivity index (χ1v) is 4.30. The molecule has 1 aromatic heterocycles. The summed E-state index contributed by atoms with van der Waals surface area (Å²) in [6.07, 6.45) is 1.76. The van der Waals surface area contributed by atoms with Crippen LogP contribution in [0.25, 0.3) is 10.9 Å². The van der Waals surface area contributed by atoms with E-state index < -0.39 is 0 Å². The van der Waals surface area contributed by atoms with E-state index in [2.05, 4.69) is 11.1 Å². The van der Waals surface area contributed by atoms with E-state index in [0.29, 0.717) is 6.61 Å². The Morgan fingerprint density at radius 2 is 2.29 bits per heavy atom. The van der Waals surface area contributed by atoms with E-state index in [-0.39, 0.29) is 29.6 Å². The molecule has 0 unspecified atom stereocenters. The molecular formula is C11H10NNaO. The summed E-state index contributed by atoms with van der Waals surface area (Å²) in [5.74, 6) is 0.830. The Hall–Kier alpha value is -0.570. The van der Waals surface area contributed by atoms with Gasteiger partial charge < -0.3 is 9.72 Å². The van der Waals surface area contributed by atoms with Gasteiger partial charge in [0.2, 0.25) is 0 Å². The number of rotatable bonds is 2. The minimum absolute atomic E-state index is 0. The summed E-state index contributed by atoms with van der Waals surface area (Å²) in [5, 5.41) is 0.994. The Kier molecular flexibility index (Phi) is 4.39. The quantitative estimate of drug-likeness (QED) is 0.473. The van der Waals surface area contributed by atoms with Crippen LogP contribution in [-0.2, 0) is 0 Å². The zero-order valence-corrected chi connectivity index (χ0v) is 10.4. The van der Waals surface area contributed by atoms with Gasteiger partial charge in [-0.3, -0.25) is 0 Å². The van der Waals surface area contributed by atoms with Crippen LogP contribution in [0.15, 0.2) is 30.5 Å². The molecule has 0 atom stereocenters. The topological polar surface area (TPSA) is 22.1 Å². The van der Waals surface area contributed by atoms with Crippen molar-refractivity contribution in [2.75, 3.05) is 6.61 Å². The molecule has 0 saturated carbocycles. The molecule has 0 aliphatic heterocycles. The van der Waals surface area contributed by atoms with E-state index in [1.54, 1.807) is 6.20 Å². The van der Waals surface area contributed by atoms with Crippen LogP contribution in [0, 0.1) is 6.07 Å². The number of pyridine rings is 1. The Labute approximate surface area is 106 Å². The average molecular weight is 195 g/mol. The maximum Gasteiger partial charge on any atom is 1.00 e. The van der Waals surface area contributed by atoms with Crippen LogP contribution in [0.4, 0.5) is 0 Å². The van der Waals surface area contributed by atoms with Gasteiger partial charge in [0.1, 0.15) is 0 Å². The Morgan fingerprint density at radius 3 is 3.07 bits per heavy atom. The molecule has 0 radical (unpaired) electrons. The van der Waals surface area contributed by atoms with Gasteiger partial charge >= 0.3 is 29.6 Å². The standard InChI is InChI=1S/C11H10NO.Na/c1-2-13-10-7-3-5-9-6-4-8-12-11(9)10;/h3-4,6-8H,2H2,1H3;/q-1;+1. The van der Waals surface area contributed by atoms with E-state index in [1.165, 1.54) is 0 Å². The fraction of sp³-hybridized carbons (Fsp3) is 0.182. The van der Waals surface area contributed by atoms with Crippen molar-refractivity contribution in [3.63, 3.8) is 0 Å². The predicted molar refractivity (Wildman–Crippen MR) is 51.7 cm³/mol. The Morgan fingerprint density at radius 1 is 1.43 bits per heavy atom. The van der Waals surface area contributed by atoms with Gasteiger partial charge in [-0.2, -0.15) is 0 Å². The number of hydrogen-bond donors (Lipinski definition) is 0. The van der Waals surface area contributed by atoms with Crippen molar-refractivity contribution in [1.82, 2.24) is 4.98 Å². The molecule has 1 aromatic carbocycles. The fourth-order valence-electron chi connectivity index (χ4n) is 1.28. The third-order valence-electron chi connectivity index (χ3n) is 1.81. The molecule has 0 spiro atoms. The van der Waals surface area contributed by atoms with Crippen LogP contribution >= 0.6 is 0 Å². The SMILES string of the molecule is CCOc1cc[c-]c2cccnc12.[Na+]. The number of hydrogen-bond acceptors (Lipinski definition) is 2. The molecule has 2 nitrogen and oxygen atoms in total. The van der Waals surface area contributed by atoms with Crippen molar-refractivity contribution in [2.24, 2.45) is 0 Å². The molecule has 0 saturated heterocycles. The van der Waals surface area contributed by atoms with Crippen molar-refractivity contribution < 1.29 is 34.3 Å². The second-order valence-electron chi connectivity index (χ2n) is 2.67. The van der Waals surface area contributed by atoms with Crippen LogP contribution in [0.1, 0.15) is 6.92 Å². The molecular weight excluding hydrogens is 185 g/mol. The molecule has 0 bridgehead atoms. The first-order valence-electron chi connectivity index (χ1n) is 4.30. The molecule has 0 fully saturated rings. The zero-order valence-electron chi connectivity index (χ0n) is 8.45. The van der Waals surface area contributed by atoms with Gasteiger partial charge in [-0.05, 0) is 6.92 Å². The van der Waals surface area contributed by atoms with E-state index >= 15 is 0 Å². The smallest absolute Gasteiger partial charge is 0.511 e. The van der Waals surface area contributed by atoms with Gasteiger partial charge in [0, 0.05) is 11.7 Å². The molecule has 0 aliphatic rings. The van der Waals surface area contributed by atoms with Crippen molar-refractivity contribution in [3.8, 4) is 5.75 Å². The molecule has 1 heterocycles. The third-order valence-corrected chi connectivity index (χ3v) is 1.81. The summed E-state index contributed by atoms with van der Waals surface area (Å²) in [5.41, 5.74) is 0.881. The number of aromatic nitrogens is 1. The molecule has 66 valence electrons. The van der Waals surface area contributed by atoms with Gasteiger partial charge in [-0.25, -0.2) is 0 Å². The average Bonchev–Trinajstić information content (AvgIpc) is 2.19. The third kappa shape index (κ3) is 2.27. The molecule has 3 heteroatoms. The second kappa shape index (κ2) is 5.35. The number of benzene rings is 1. The minimum atomic E-state index is 0. The summed E-state index contributed by atoms with van der Waals surface area (Å²) in [6.45, 7) is 2.63. The first kappa shape index (κ1) is 11.5. The van der Waals surface area contributed by atoms with Gasteiger partial charge in [-0.15, -0.1) is 23.6 Å². The number of ether oxygens (including phenoxy) is 1. The molecule has 2 aromatic rings. The summed E-state index contributed by atoms with van der Waals surface area (Å²) >= 11 is 0. The van der Waals surface area contributed by atoms with Crippen LogP contribution < -0.4 is 34.3 Å². The maximum absolute atomic E-state index is 5.44. The molecule has 0 amide bonds. The zero-order chi connectivity index (χ0) is 9.10. The van der Waals surface area contributed by atoms with Crippen LogP contribution in [0.3, 0.4) is 0 Å². The van der Waals surface area contributed by atoms with Gasteiger partial charge in [-0.1, -0.05) is 12.1 Å². The maximum atomic E-state index is 5.44. The molecule has 14 heavy (non-hydrogen) atoms.